The molecule has 1 unspecified atom stereocenters. The second-order valence-electron chi connectivity index (χ2n) is 2.61. The number of carbonyl (C=O) groups excluding carboxylic acids is 1. The molecule has 0 spiro atoms. The van der Waals surface area contributed by atoms with Gasteiger partial charge in [0.2, 0.25) is 0 Å². The molecule has 0 saturated heterocycles. The van der Waals surface area contributed by atoms with E-state index in [2.05, 4.69) is 4.74 Å². The van der Waals surface area contributed by atoms with Gasteiger partial charge < -0.3 is 9.84 Å². The molecule has 0 heterocycles. The summed E-state index contributed by atoms with van der Waals surface area (Å²) in [4.78, 5) is 10.0. The number of hydrogen-bond acceptors (Lipinski definition) is 3. The first-order valence-electron chi connectivity index (χ1n) is 3.41. The molecule has 1 atom stereocenters. The fourth-order valence-corrected chi connectivity index (χ4v) is 0.505. The molecule has 1 N–H and O–H groups in total. The van der Waals surface area contributed by atoms with Crippen LogP contribution in [0.4, 0.5) is 26.3 Å². The summed E-state index contributed by atoms with van der Waals surface area (Å²) in [5.41, 5.74) is 0. The molecule has 0 rings (SSSR count). The third-order valence-electron chi connectivity index (χ3n) is 1.30. The predicted molar refractivity (Wildman–Crippen MR) is 33.7 cm³/mol. The van der Waals surface area contributed by atoms with Crippen molar-refractivity contribution in [3.63, 3.8) is 0 Å². The van der Waals surface area contributed by atoms with E-state index in [4.69, 9.17) is 5.11 Å². The number of ether oxygens (including phenoxy) is 1. The molecular weight excluding hydrogens is 234 g/mol. The van der Waals surface area contributed by atoms with E-state index < -0.39 is 30.5 Å². The summed E-state index contributed by atoms with van der Waals surface area (Å²) < 4.78 is 75.2. The first kappa shape index (κ1) is 14.0. The largest absolute Gasteiger partial charge is 0.460 e. The number of alkyl halides is 6. The summed E-state index contributed by atoms with van der Waals surface area (Å²) in [7, 11) is 0. The summed E-state index contributed by atoms with van der Waals surface area (Å²) in [5, 5.41) is 8.21. The van der Waals surface area contributed by atoms with Crippen molar-refractivity contribution in [2.75, 3.05) is 6.61 Å². The van der Waals surface area contributed by atoms with E-state index in [0.717, 1.165) is 0 Å². The Hall–Kier alpha value is -0.990. The van der Waals surface area contributed by atoms with Crippen LogP contribution in [0.15, 0.2) is 0 Å². The molecule has 9 heteroatoms. The van der Waals surface area contributed by atoms with Crippen LogP contribution in [0.25, 0.3) is 0 Å². The zero-order chi connectivity index (χ0) is 12.5. The molecule has 0 saturated carbocycles. The number of esters is 1. The van der Waals surface area contributed by atoms with Crippen molar-refractivity contribution < 1.29 is 41.0 Å². The Bertz CT molecular complexity index is 246. The fraction of sp³-hybridized carbons (Fsp3) is 0.833. The fourth-order valence-electron chi connectivity index (χ4n) is 0.505. The summed E-state index contributed by atoms with van der Waals surface area (Å²) in [6, 6.07) is 0. The molecule has 0 amide bonds. The Morgan fingerprint density at radius 3 is 1.87 bits per heavy atom. The number of carbonyl (C=O) groups is 1. The highest BCUT2D eigenvalue weighted by Gasteiger charge is 2.72. The third-order valence-corrected chi connectivity index (χ3v) is 1.30. The lowest BCUT2D eigenvalue weighted by Gasteiger charge is -2.29. The zero-order valence-corrected chi connectivity index (χ0v) is 7.24. The van der Waals surface area contributed by atoms with Crippen LogP contribution in [0.2, 0.25) is 0 Å². The van der Waals surface area contributed by atoms with Gasteiger partial charge in [0.1, 0.15) is 0 Å². The minimum atomic E-state index is -6.28. The van der Waals surface area contributed by atoms with Crippen molar-refractivity contribution in [3.8, 4) is 0 Å². The van der Waals surface area contributed by atoms with E-state index >= 15 is 0 Å². The van der Waals surface area contributed by atoms with E-state index in [9.17, 15) is 31.1 Å². The van der Waals surface area contributed by atoms with Crippen molar-refractivity contribution >= 4 is 5.97 Å². The van der Waals surface area contributed by atoms with Crippen LogP contribution in [0.1, 0.15) is 6.92 Å². The maximum atomic E-state index is 12.5. The summed E-state index contributed by atoms with van der Waals surface area (Å²) in [5.74, 6) is -12.3. The van der Waals surface area contributed by atoms with Crippen LogP contribution in [0, 0.1) is 0 Å². The van der Waals surface area contributed by atoms with Crippen LogP contribution < -0.4 is 0 Å². The van der Waals surface area contributed by atoms with Gasteiger partial charge in [0.15, 0.2) is 6.61 Å². The van der Waals surface area contributed by atoms with Gasteiger partial charge in [0.05, 0.1) is 0 Å². The lowest BCUT2D eigenvalue weighted by Crippen LogP contribution is -2.57. The van der Waals surface area contributed by atoms with Gasteiger partial charge in [-0.15, -0.1) is 0 Å². The molecule has 0 bridgehead atoms. The minimum absolute atomic E-state index is 0.655. The van der Waals surface area contributed by atoms with Gasteiger partial charge in [-0.05, 0) is 0 Å². The lowest BCUT2D eigenvalue weighted by molar-refractivity contribution is -0.378. The maximum absolute atomic E-state index is 12.5. The van der Waals surface area contributed by atoms with Gasteiger partial charge in [-0.2, -0.15) is 22.0 Å². The predicted octanol–water partition coefficient (Wildman–Crippen LogP) is 1.41. The summed E-state index contributed by atoms with van der Waals surface area (Å²) in [6.45, 7) is -1.45. The Labute approximate surface area is 79.6 Å². The second-order valence-corrected chi connectivity index (χ2v) is 2.61. The van der Waals surface area contributed by atoms with Gasteiger partial charge in [-0.25, -0.2) is 4.39 Å². The van der Waals surface area contributed by atoms with E-state index in [1.54, 1.807) is 0 Å². The molecule has 0 aromatic rings. The Kier molecular flexibility index (Phi) is 3.62. The van der Waals surface area contributed by atoms with Crippen LogP contribution >= 0.6 is 0 Å². The highest BCUT2D eigenvalue weighted by molar-refractivity contribution is 5.65. The van der Waals surface area contributed by atoms with Gasteiger partial charge in [0.25, 0.3) is 0 Å². The van der Waals surface area contributed by atoms with Crippen LogP contribution in [0.3, 0.4) is 0 Å². The molecule has 3 nitrogen and oxygen atoms in total. The van der Waals surface area contributed by atoms with E-state index in [1.165, 1.54) is 0 Å². The third kappa shape index (κ3) is 2.98. The highest BCUT2D eigenvalue weighted by Crippen LogP contribution is 2.44. The summed E-state index contributed by atoms with van der Waals surface area (Å²) in [6.07, 6.45) is -6.28. The molecule has 90 valence electrons. The first-order chi connectivity index (χ1) is 6.42. The molecule has 0 radical (unpaired) electrons. The summed E-state index contributed by atoms with van der Waals surface area (Å²) >= 11 is 0. The molecule has 0 aliphatic carbocycles. The van der Waals surface area contributed by atoms with E-state index in [0.29, 0.717) is 6.92 Å². The topological polar surface area (TPSA) is 46.5 Å². The Balaban J connectivity index is 4.77. The Morgan fingerprint density at radius 2 is 1.60 bits per heavy atom. The molecule has 0 aliphatic rings. The van der Waals surface area contributed by atoms with Crippen molar-refractivity contribution in [3.05, 3.63) is 0 Å². The van der Waals surface area contributed by atoms with Crippen molar-refractivity contribution in [2.45, 2.75) is 24.9 Å². The van der Waals surface area contributed by atoms with Crippen LogP contribution in [0.5, 0.6) is 0 Å². The number of rotatable bonds is 3. The normalized spacial score (nSPS) is 17.1. The van der Waals surface area contributed by atoms with E-state index in [-0.39, 0.29) is 0 Å². The lowest BCUT2D eigenvalue weighted by atomic mass is 10.1. The van der Waals surface area contributed by atoms with Crippen molar-refractivity contribution in [1.82, 2.24) is 0 Å². The number of aliphatic hydroxyl groups is 1. The molecule has 15 heavy (non-hydrogen) atoms. The first-order valence-corrected chi connectivity index (χ1v) is 3.41. The quantitative estimate of drug-likeness (QED) is 0.599. The second kappa shape index (κ2) is 3.87. The average Bonchev–Trinajstić information content (AvgIpc) is 1.98. The van der Waals surface area contributed by atoms with Gasteiger partial charge in [-0.3, -0.25) is 4.79 Å². The number of halogens is 6. The minimum Gasteiger partial charge on any atom is -0.460 e. The molecular formula is C6H6F6O3. The van der Waals surface area contributed by atoms with Crippen LogP contribution in [-0.4, -0.2) is 35.6 Å². The van der Waals surface area contributed by atoms with Crippen molar-refractivity contribution in [1.29, 1.82) is 0 Å². The smallest absolute Gasteiger partial charge is 0.459 e. The van der Waals surface area contributed by atoms with E-state index in [1.807, 2.05) is 0 Å². The van der Waals surface area contributed by atoms with Gasteiger partial charge in [-0.1, -0.05) is 0 Å². The van der Waals surface area contributed by atoms with Gasteiger partial charge in [0, 0.05) is 6.92 Å². The molecule has 0 fully saturated rings. The SMILES string of the molecule is CC(=O)OCC(O)(F)C(F)(F)C(F)(F)F. The Morgan fingerprint density at radius 1 is 1.20 bits per heavy atom. The molecule has 0 aromatic heterocycles. The molecule has 0 aliphatic heterocycles. The number of hydrogen-bond donors (Lipinski definition) is 1. The standard InChI is InChI=1S/C6H6F6O3/c1-3(13)15-2-4(7,14)5(8,9)6(10,11)12/h14H,2H2,1H3. The zero-order valence-electron chi connectivity index (χ0n) is 7.24. The van der Waals surface area contributed by atoms with Crippen molar-refractivity contribution in [2.24, 2.45) is 0 Å². The van der Waals surface area contributed by atoms with Gasteiger partial charge >= 0.3 is 23.9 Å². The highest BCUT2D eigenvalue weighted by atomic mass is 19.4. The molecule has 0 aromatic carbocycles. The van der Waals surface area contributed by atoms with Crippen LogP contribution in [-0.2, 0) is 9.53 Å². The monoisotopic (exact) mass is 240 g/mol. The maximum Gasteiger partial charge on any atom is 0.459 e. The average molecular weight is 240 g/mol.